The number of hydrogen-bond donors (Lipinski definition) is 1. The Labute approximate surface area is 121 Å². The summed E-state index contributed by atoms with van der Waals surface area (Å²) >= 11 is 0. The third-order valence-corrected chi connectivity index (χ3v) is 3.47. The zero-order chi connectivity index (χ0) is 15.4. The molecule has 1 aromatic rings. The third-order valence-electron chi connectivity index (χ3n) is 3.47. The molecule has 21 heavy (non-hydrogen) atoms. The summed E-state index contributed by atoms with van der Waals surface area (Å²) in [5, 5.41) is 25.9. The molecule has 0 aromatic heterocycles. The van der Waals surface area contributed by atoms with Gasteiger partial charge in [0.05, 0.1) is 15.9 Å². The Balaban J connectivity index is 2.21. The van der Waals surface area contributed by atoms with Crippen molar-refractivity contribution in [3.8, 4) is 0 Å². The van der Waals surface area contributed by atoms with Crippen LogP contribution in [-0.2, 0) is 0 Å². The van der Waals surface area contributed by atoms with E-state index in [1.807, 2.05) is 0 Å². The predicted molar refractivity (Wildman–Crippen MR) is 78.4 cm³/mol. The van der Waals surface area contributed by atoms with Crippen LogP contribution in [0.4, 0.5) is 17.1 Å². The topological polar surface area (TPSA) is 111 Å². The van der Waals surface area contributed by atoms with Crippen molar-refractivity contribution >= 4 is 22.8 Å². The predicted octanol–water partition coefficient (Wildman–Crippen LogP) is 3.48. The molecule has 1 saturated carbocycles. The molecule has 0 heterocycles. The van der Waals surface area contributed by atoms with Crippen molar-refractivity contribution < 1.29 is 9.85 Å². The number of rotatable bonds is 4. The minimum Gasteiger partial charge on any atom is -0.272 e. The molecule has 1 aliphatic carbocycles. The highest BCUT2D eigenvalue weighted by molar-refractivity contribution is 5.86. The second kappa shape index (κ2) is 6.29. The molecule has 0 unspecified atom stereocenters. The molecule has 1 aliphatic rings. The van der Waals surface area contributed by atoms with E-state index < -0.39 is 9.85 Å². The van der Waals surface area contributed by atoms with E-state index in [-0.39, 0.29) is 17.1 Å². The first-order valence-electron chi connectivity index (χ1n) is 6.71. The van der Waals surface area contributed by atoms with Gasteiger partial charge >= 0.3 is 5.69 Å². The summed E-state index contributed by atoms with van der Waals surface area (Å²) in [5.74, 6) is 0.561. The molecule has 112 valence electrons. The normalized spacial score (nSPS) is 20.2. The Bertz CT molecular complexity index is 600. The van der Waals surface area contributed by atoms with Crippen molar-refractivity contribution in [3.05, 3.63) is 38.4 Å². The van der Waals surface area contributed by atoms with Gasteiger partial charge in [0.1, 0.15) is 5.69 Å². The van der Waals surface area contributed by atoms with Crippen molar-refractivity contribution in [1.29, 1.82) is 0 Å². The number of nitrogens with zero attached hydrogens (tertiary/aromatic N) is 3. The lowest BCUT2D eigenvalue weighted by atomic mass is 9.89. The van der Waals surface area contributed by atoms with E-state index in [9.17, 15) is 20.2 Å². The zero-order valence-corrected chi connectivity index (χ0v) is 11.6. The minimum absolute atomic E-state index is 0.163. The summed E-state index contributed by atoms with van der Waals surface area (Å²) in [6, 6.07) is 3.47. The van der Waals surface area contributed by atoms with Crippen molar-refractivity contribution in [3.63, 3.8) is 0 Å². The smallest absolute Gasteiger partial charge is 0.272 e. The van der Waals surface area contributed by atoms with Crippen LogP contribution in [0, 0.1) is 26.1 Å². The molecule has 0 amide bonds. The SMILES string of the molecule is C[C@@H]1CCC/C(=N\Nc2ccc([N+](=O)[O-])cc2[N+](=O)[O-])C1. The molecule has 8 nitrogen and oxygen atoms in total. The summed E-state index contributed by atoms with van der Waals surface area (Å²) in [5.41, 5.74) is 3.15. The minimum atomic E-state index is -0.661. The highest BCUT2D eigenvalue weighted by Crippen LogP contribution is 2.29. The molecule has 0 aliphatic heterocycles. The van der Waals surface area contributed by atoms with Crippen LogP contribution in [0.15, 0.2) is 23.3 Å². The maximum absolute atomic E-state index is 11.0. The molecule has 8 heteroatoms. The molecular weight excluding hydrogens is 276 g/mol. The fourth-order valence-electron chi connectivity index (χ4n) is 2.38. The van der Waals surface area contributed by atoms with Crippen LogP contribution >= 0.6 is 0 Å². The first-order valence-corrected chi connectivity index (χ1v) is 6.71. The molecule has 0 bridgehead atoms. The number of hydrazone groups is 1. The maximum Gasteiger partial charge on any atom is 0.301 e. The Morgan fingerprint density at radius 1 is 1.29 bits per heavy atom. The van der Waals surface area contributed by atoms with Crippen LogP contribution in [0.25, 0.3) is 0 Å². The monoisotopic (exact) mass is 292 g/mol. The van der Waals surface area contributed by atoms with Crippen molar-refractivity contribution in [2.24, 2.45) is 11.0 Å². The summed E-state index contributed by atoms with van der Waals surface area (Å²) in [6.45, 7) is 2.14. The number of nitro benzene ring substituents is 2. The molecule has 1 atom stereocenters. The van der Waals surface area contributed by atoms with Gasteiger partial charge in [0, 0.05) is 11.8 Å². The van der Waals surface area contributed by atoms with Gasteiger partial charge < -0.3 is 0 Å². The highest BCUT2D eigenvalue weighted by Gasteiger charge is 2.20. The highest BCUT2D eigenvalue weighted by atomic mass is 16.6. The molecule has 0 spiro atoms. The number of nitro groups is 2. The molecule has 1 N–H and O–H groups in total. The molecule has 0 saturated heterocycles. The lowest BCUT2D eigenvalue weighted by molar-refractivity contribution is -0.393. The number of nitrogens with one attached hydrogen (secondary N) is 1. The number of benzene rings is 1. The first kappa shape index (κ1) is 14.9. The third kappa shape index (κ3) is 3.74. The second-order valence-corrected chi connectivity index (χ2v) is 5.21. The van der Waals surface area contributed by atoms with Gasteiger partial charge in [-0.3, -0.25) is 25.7 Å². The van der Waals surface area contributed by atoms with E-state index >= 15 is 0 Å². The maximum atomic E-state index is 11.0. The van der Waals surface area contributed by atoms with Gasteiger partial charge in [0.2, 0.25) is 0 Å². The quantitative estimate of drug-likeness (QED) is 0.674. The van der Waals surface area contributed by atoms with Gasteiger partial charge in [-0.2, -0.15) is 5.10 Å². The van der Waals surface area contributed by atoms with Crippen LogP contribution in [0.5, 0.6) is 0 Å². The van der Waals surface area contributed by atoms with Crippen LogP contribution in [0.1, 0.15) is 32.6 Å². The average molecular weight is 292 g/mol. The van der Waals surface area contributed by atoms with E-state index in [1.54, 1.807) is 0 Å². The summed E-state index contributed by atoms with van der Waals surface area (Å²) < 4.78 is 0. The lowest BCUT2D eigenvalue weighted by Crippen LogP contribution is -2.14. The summed E-state index contributed by atoms with van der Waals surface area (Å²) in [7, 11) is 0. The van der Waals surface area contributed by atoms with Gasteiger partial charge in [-0.15, -0.1) is 0 Å². The van der Waals surface area contributed by atoms with Gasteiger partial charge in [-0.25, -0.2) is 0 Å². The number of non-ortho nitro benzene ring substituents is 1. The van der Waals surface area contributed by atoms with Gasteiger partial charge in [-0.05, 0) is 37.7 Å². The Morgan fingerprint density at radius 2 is 2.05 bits per heavy atom. The Kier molecular flexibility index (Phi) is 4.46. The fraction of sp³-hybridized carbons (Fsp3) is 0.462. The fourth-order valence-corrected chi connectivity index (χ4v) is 2.38. The van der Waals surface area contributed by atoms with Gasteiger partial charge in [0.15, 0.2) is 0 Å². The molecule has 0 radical (unpaired) electrons. The van der Waals surface area contributed by atoms with Gasteiger partial charge in [0.25, 0.3) is 5.69 Å². The van der Waals surface area contributed by atoms with Crippen LogP contribution < -0.4 is 5.43 Å². The van der Waals surface area contributed by atoms with Crippen LogP contribution in [0.3, 0.4) is 0 Å². The molecule has 2 rings (SSSR count). The molecular formula is C13H16N4O4. The average Bonchev–Trinajstić information content (AvgIpc) is 2.44. The molecule has 1 fully saturated rings. The summed E-state index contributed by atoms with van der Waals surface area (Å²) in [6.07, 6.45) is 3.96. The Hall–Kier alpha value is -2.51. The standard InChI is InChI=1S/C13H16N4O4/c1-9-3-2-4-10(7-9)14-15-12-6-5-11(16(18)19)8-13(12)17(20)21/h5-6,8-9,15H,2-4,7H2,1H3/b14-10+/t9-/m1/s1. The van der Waals surface area contributed by atoms with E-state index in [0.717, 1.165) is 37.5 Å². The second-order valence-electron chi connectivity index (χ2n) is 5.21. The van der Waals surface area contributed by atoms with E-state index in [1.165, 1.54) is 12.1 Å². The number of anilines is 1. The van der Waals surface area contributed by atoms with Crippen molar-refractivity contribution in [1.82, 2.24) is 0 Å². The van der Waals surface area contributed by atoms with Crippen molar-refractivity contribution in [2.45, 2.75) is 32.6 Å². The van der Waals surface area contributed by atoms with Gasteiger partial charge in [-0.1, -0.05) is 6.92 Å². The lowest BCUT2D eigenvalue weighted by Gasteiger charge is -2.19. The van der Waals surface area contributed by atoms with E-state index in [2.05, 4.69) is 17.5 Å². The van der Waals surface area contributed by atoms with E-state index in [0.29, 0.717) is 5.92 Å². The largest absolute Gasteiger partial charge is 0.301 e. The van der Waals surface area contributed by atoms with Crippen molar-refractivity contribution in [2.75, 3.05) is 5.43 Å². The Morgan fingerprint density at radius 3 is 2.67 bits per heavy atom. The van der Waals surface area contributed by atoms with Crippen LogP contribution in [-0.4, -0.2) is 15.6 Å². The van der Waals surface area contributed by atoms with Crippen LogP contribution in [0.2, 0.25) is 0 Å². The molecule has 1 aromatic carbocycles. The van der Waals surface area contributed by atoms with E-state index in [4.69, 9.17) is 0 Å². The summed E-state index contributed by atoms with van der Waals surface area (Å²) in [4.78, 5) is 20.3. The number of hydrogen-bond acceptors (Lipinski definition) is 6. The zero-order valence-electron chi connectivity index (χ0n) is 11.6. The first-order chi connectivity index (χ1) is 9.97.